The van der Waals surface area contributed by atoms with Crippen molar-refractivity contribution in [3.8, 4) is 22.5 Å². The Hall–Kier alpha value is -2.48. The van der Waals surface area contributed by atoms with E-state index in [2.05, 4.69) is 67.1 Å². The highest BCUT2D eigenvalue weighted by atomic mass is 14.7. The molecule has 0 atom stereocenters. The predicted octanol–water partition coefficient (Wildman–Crippen LogP) is 5.11. The first kappa shape index (κ1) is 14.5. The molecule has 3 rings (SSSR count). The van der Waals surface area contributed by atoms with E-state index < -0.39 is 0 Å². The lowest BCUT2D eigenvalue weighted by molar-refractivity contribution is 0.589. The summed E-state index contributed by atoms with van der Waals surface area (Å²) in [7, 11) is 0. The summed E-state index contributed by atoms with van der Waals surface area (Å²) in [6.07, 6.45) is 3.71. The first-order valence-corrected chi connectivity index (χ1v) is 7.52. The first-order chi connectivity index (χ1) is 10.5. The van der Waals surface area contributed by atoms with E-state index in [1.54, 1.807) is 0 Å². The van der Waals surface area contributed by atoms with Crippen LogP contribution < -0.4 is 0 Å². The molecule has 0 unspecified atom stereocenters. The maximum absolute atomic E-state index is 4.51. The van der Waals surface area contributed by atoms with E-state index in [1.807, 2.05) is 30.6 Å². The van der Waals surface area contributed by atoms with E-state index >= 15 is 0 Å². The lowest BCUT2D eigenvalue weighted by Gasteiger charge is -2.19. The lowest BCUT2D eigenvalue weighted by atomic mass is 9.87. The Morgan fingerprint density at radius 2 is 1.32 bits per heavy atom. The Bertz CT molecular complexity index is 754. The van der Waals surface area contributed by atoms with Gasteiger partial charge in [0.2, 0.25) is 0 Å². The minimum absolute atomic E-state index is 0.131. The molecule has 0 amide bonds. The molecule has 2 heteroatoms. The molecule has 2 nitrogen and oxygen atoms in total. The van der Waals surface area contributed by atoms with Crippen molar-refractivity contribution in [2.75, 3.05) is 0 Å². The van der Waals surface area contributed by atoms with Crippen molar-refractivity contribution in [2.24, 2.45) is 0 Å². The third-order valence-corrected chi connectivity index (χ3v) is 3.77. The quantitative estimate of drug-likeness (QED) is 0.655. The van der Waals surface area contributed by atoms with Crippen LogP contribution in [-0.2, 0) is 5.41 Å². The number of hydrogen-bond acceptors (Lipinski definition) is 2. The Morgan fingerprint density at radius 1 is 0.682 bits per heavy atom. The maximum Gasteiger partial charge on any atom is 0.0704 e. The molecule has 0 saturated heterocycles. The third kappa shape index (κ3) is 3.06. The molecule has 0 aliphatic rings. The van der Waals surface area contributed by atoms with Crippen LogP contribution in [0.3, 0.4) is 0 Å². The summed E-state index contributed by atoms with van der Waals surface area (Å²) in [5.74, 6) is 0. The molecule has 2 heterocycles. The van der Waals surface area contributed by atoms with Crippen LogP contribution in [-0.4, -0.2) is 9.97 Å². The number of hydrogen-bond donors (Lipinski definition) is 0. The van der Waals surface area contributed by atoms with Crippen LogP contribution in [0.4, 0.5) is 0 Å². The number of nitrogens with zero attached hydrogens (tertiary/aromatic N) is 2. The van der Waals surface area contributed by atoms with E-state index in [9.17, 15) is 0 Å². The molecule has 0 aliphatic carbocycles. The zero-order chi connectivity index (χ0) is 15.6. The van der Waals surface area contributed by atoms with Crippen molar-refractivity contribution in [3.05, 3.63) is 72.6 Å². The van der Waals surface area contributed by atoms with Gasteiger partial charge in [0.1, 0.15) is 0 Å². The highest BCUT2D eigenvalue weighted by molar-refractivity contribution is 5.67. The highest BCUT2D eigenvalue weighted by Gasteiger charge is 2.14. The van der Waals surface area contributed by atoms with Crippen molar-refractivity contribution >= 4 is 0 Å². The fourth-order valence-electron chi connectivity index (χ4n) is 2.40. The van der Waals surface area contributed by atoms with Gasteiger partial charge in [-0.3, -0.25) is 9.97 Å². The minimum atomic E-state index is 0.131. The van der Waals surface area contributed by atoms with Gasteiger partial charge in [-0.1, -0.05) is 51.1 Å². The van der Waals surface area contributed by atoms with E-state index in [4.69, 9.17) is 0 Å². The Morgan fingerprint density at radius 3 is 1.91 bits per heavy atom. The van der Waals surface area contributed by atoms with Crippen LogP contribution in [0.5, 0.6) is 0 Å². The maximum atomic E-state index is 4.51. The zero-order valence-electron chi connectivity index (χ0n) is 13.2. The SMILES string of the molecule is CC(C)(C)c1ccnc(-c2ccc(-c3ccccn3)cc2)c1. The summed E-state index contributed by atoms with van der Waals surface area (Å²) in [5, 5.41) is 0. The molecule has 2 aromatic heterocycles. The molecule has 1 aromatic carbocycles. The Kier molecular flexibility index (Phi) is 3.76. The van der Waals surface area contributed by atoms with Crippen molar-refractivity contribution in [1.82, 2.24) is 9.97 Å². The molecule has 0 aliphatic heterocycles. The molecule has 0 radical (unpaired) electrons. The van der Waals surface area contributed by atoms with Crippen LogP contribution >= 0.6 is 0 Å². The smallest absolute Gasteiger partial charge is 0.0704 e. The second-order valence-corrected chi connectivity index (χ2v) is 6.47. The molecule has 0 spiro atoms. The molecule has 0 bridgehead atoms. The van der Waals surface area contributed by atoms with Gasteiger partial charge in [0.15, 0.2) is 0 Å². The summed E-state index contributed by atoms with van der Waals surface area (Å²) >= 11 is 0. The number of pyridine rings is 2. The number of rotatable bonds is 2. The summed E-state index contributed by atoms with van der Waals surface area (Å²) in [6.45, 7) is 6.66. The van der Waals surface area contributed by atoms with Gasteiger partial charge in [-0.2, -0.15) is 0 Å². The van der Waals surface area contributed by atoms with Gasteiger partial charge in [0, 0.05) is 23.5 Å². The summed E-state index contributed by atoms with van der Waals surface area (Å²) < 4.78 is 0. The molecule has 110 valence electrons. The van der Waals surface area contributed by atoms with Gasteiger partial charge in [-0.15, -0.1) is 0 Å². The van der Waals surface area contributed by atoms with Crippen LogP contribution in [0.2, 0.25) is 0 Å². The number of aromatic nitrogens is 2. The van der Waals surface area contributed by atoms with Crippen LogP contribution in [0.25, 0.3) is 22.5 Å². The molecule has 3 aromatic rings. The van der Waals surface area contributed by atoms with Gasteiger partial charge < -0.3 is 0 Å². The fourth-order valence-corrected chi connectivity index (χ4v) is 2.40. The number of benzene rings is 1. The standard InChI is InChI=1S/C20H20N2/c1-20(2,3)17-11-13-22-19(14-17)16-9-7-15(8-10-16)18-6-4-5-12-21-18/h4-14H,1-3H3. The van der Waals surface area contributed by atoms with Crippen molar-refractivity contribution in [2.45, 2.75) is 26.2 Å². The van der Waals surface area contributed by atoms with Crippen molar-refractivity contribution < 1.29 is 0 Å². The Labute approximate surface area is 131 Å². The molecular weight excluding hydrogens is 268 g/mol. The first-order valence-electron chi connectivity index (χ1n) is 7.52. The second kappa shape index (κ2) is 5.72. The van der Waals surface area contributed by atoms with Gasteiger partial charge >= 0.3 is 0 Å². The summed E-state index contributed by atoms with van der Waals surface area (Å²) in [6, 6.07) is 18.6. The second-order valence-electron chi connectivity index (χ2n) is 6.47. The zero-order valence-corrected chi connectivity index (χ0v) is 13.2. The van der Waals surface area contributed by atoms with E-state index in [0.717, 1.165) is 22.5 Å². The normalized spacial score (nSPS) is 11.4. The highest BCUT2D eigenvalue weighted by Crippen LogP contribution is 2.27. The van der Waals surface area contributed by atoms with Crippen LogP contribution in [0.15, 0.2) is 67.0 Å². The third-order valence-electron chi connectivity index (χ3n) is 3.77. The molecular formula is C20H20N2. The van der Waals surface area contributed by atoms with E-state index in [1.165, 1.54) is 5.56 Å². The van der Waals surface area contributed by atoms with Gasteiger partial charge in [-0.05, 0) is 35.2 Å². The average Bonchev–Trinajstić information content (AvgIpc) is 2.55. The van der Waals surface area contributed by atoms with E-state index in [0.29, 0.717) is 0 Å². The minimum Gasteiger partial charge on any atom is -0.256 e. The summed E-state index contributed by atoms with van der Waals surface area (Å²) in [5.41, 5.74) is 5.69. The Balaban J connectivity index is 1.94. The molecule has 0 saturated carbocycles. The van der Waals surface area contributed by atoms with Crippen molar-refractivity contribution in [1.29, 1.82) is 0 Å². The topological polar surface area (TPSA) is 25.8 Å². The lowest BCUT2D eigenvalue weighted by Crippen LogP contribution is -2.11. The molecule has 0 fully saturated rings. The molecule has 0 N–H and O–H groups in total. The van der Waals surface area contributed by atoms with Crippen LogP contribution in [0, 0.1) is 0 Å². The summed E-state index contributed by atoms with van der Waals surface area (Å²) in [4.78, 5) is 8.89. The van der Waals surface area contributed by atoms with Gasteiger partial charge in [0.25, 0.3) is 0 Å². The van der Waals surface area contributed by atoms with E-state index in [-0.39, 0.29) is 5.41 Å². The fraction of sp³-hybridized carbons (Fsp3) is 0.200. The van der Waals surface area contributed by atoms with Crippen molar-refractivity contribution in [3.63, 3.8) is 0 Å². The van der Waals surface area contributed by atoms with Gasteiger partial charge in [-0.25, -0.2) is 0 Å². The average molecular weight is 288 g/mol. The van der Waals surface area contributed by atoms with Crippen LogP contribution in [0.1, 0.15) is 26.3 Å². The predicted molar refractivity (Wildman–Crippen MR) is 91.6 cm³/mol. The van der Waals surface area contributed by atoms with Gasteiger partial charge in [0.05, 0.1) is 11.4 Å². The largest absolute Gasteiger partial charge is 0.256 e. The molecule has 22 heavy (non-hydrogen) atoms. The monoisotopic (exact) mass is 288 g/mol.